The van der Waals surface area contributed by atoms with Crippen LogP contribution >= 0.6 is 0 Å². The van der Waals surface area contributed by atoms with E-state index in [2.05, 4.69) is 0 Å². The van der Waals surface area contributed by atoms with E-state index in [0.717, 1.165) is 6.07 Å². The van der Waals surface area contributed by atoms with E-state index in [9.17, 15) is 31.1 Å². The molecule has 2 nitrogen and oxygen atoms in total. The maximum atomic E-state index is 14.5. The summed E-state index contributed by atoms with van der Waals surface area (Å²) in [6.07, 6.45) is 1.06. The highest BCUT2D eigenvalue weighted by Crippen LogP contribution is 2.31. The van der Waals surface area contributed by atoms with Crippen molar-refractivity contribution in [2.75, 3.05) is 0 Å². The fourth-order valence-corrected chi connectivity index (χ4v) is 3.65. The highest BCUT2D eigenvalue weighted by atomic mass is 19.2. The molecule has 0 fully saturated rings. The summed E-state index contributed by atoms with van der Waals surface area (Å²) in [6.45, 7) is 1.85. The molecule has 0 aliphatic rings. The van der Waals surface area contributed by atoms with Gasteiger partial charge < -0.3 is 4.74 Å². The number of ether oxygens (including phenoxy) is 1. The first-order valence-electron chi connectivity index (χ1n) is 10.3. The molecule has 34 heavy (non-hydrogen) atoms. The van der Waals surface area contributed by atoms with E-state index in [1.807, 2.05) is 6.92 Å². The van der Waals surface area contributed by atoms with Crippen molar-refractivity contribution in [3.8, 4) is 16.9 Å². The number of halogens is 6. The topological polar surface area (TPSA) is 26.3 Å². The lowest BCUT2D eigenvalue weighted by atomic mass is 10.00. The molecule has 0 aliphatic carbocycles. The summed E-state index contributed by atoms with van der Waals surface area (Å²) < 4.78 is 88.8. The Kier molecular flexibility index (Phi) is 6.32. The third-order valence-electron chi connectivity index (χ3n) is 5.32. The summed E-state index contributed by atoms with van der Waals surface area (Å²) in [6, 6.07) is 10.6. The monoisotopic (exact) mass is 474 g/mol. The lowest BCUT2D eigenvalue weighted by Gasteiger charge is -2.10. The zero-order chi connectivity index (χ0) is 24.6. The van der Waals surface area contributed by atoms with Gasteiger partial charge in [-0.25, -0.2) is 31.1 Å². The lowest BCUT2D eigenvalue weighted by molar-refractivity contribution is 0.0734. The molecule has 0 N–H and O–H groups in total. The summed E-state index contributed by atoms with van der Waals surface area (Å²) in [5.74, 6) is -9.47. The molecule has 0 amide bonds. The first kappa shape index (κ1) is 23.4. The molecule has 0 heterocycles. The van der Waals surface area contributed by atoms with Crippen LogP contribution in [0.4, 0.5) is 26.3 Å². The summed E-state index contributed by atoms with van der Waals surface area (Å²) >= 11 is 0. The van der Waals surface area contributed by atoms with Crippen LogP contribution in [0.15, 0.2) is 54.6 Å². The Hall–Kier alpha value is -3.81. The van der Waals surface area contributed by atoms with Gasteiger partial charge in [0.1, 0.15) is 11.6 Å². The Balaban J connectivity index is 1.59. The van der Waals surface area contributed by atoms with Gasteiger partial charge in [-0.3, -0.25) is 0 Å². The van der Waals surface area contributed by atoms with Crippen molar-refractivity contribution in [3.63, 3.8) is 0 Å². The SMILES string of the molecule is CCCc1ccc(-c2ccc(C(=O)Oc3cc(F)c4c(F)c(F)c(F)cc4c3)cc2)c(F)c1F. The minimum Gasteiger partial charge on any atom is -0.423 e. The third-order valence-corrected chi connectivity index (χ3v) is 5.32. The average molecular weight is 474 g/mol. The number of esters is 1. The maximum absolute atomic E-state index is 14.5. The smallest absolute Gasteiger partial charge is 0.343 e. The lowest BCUT2D eigenvalue weighted by Crippen LogP contribution is -2.09. The van der Waals surface area contributed by atoms with Gasteiger partial charge in [-0.05, 0) is 47.2 Å². The van der Waals surface area contributed by atoms with E-state index in [0.29, 0.717) is 30.5 Å². The van der Waals surface area contributed by atoms with Gasteiger partial charge in [0.25, 0.3) is 0 Å². The first-order valence-corrected chi connectivity index (χ1v) is 10.3. The van der Waals surface area contributed by atoms with Crippen LogP contribution in [-0.4, -0.2) is 5.97 Å². The Bertz CT molecular complexity index is 1410. The van der Waals surface area contributed by atoms with E-state index in [4.69, 9.17) is 4.74 Å². The number of fused-ring (bicyclic) bond motifs is 1. The van der Waals surface area contributed by atoms with Crippen LogP contribution in [0.3, 0.4) is 0 Å². The van der Waals surface area contributed by atoms with Crippen LogP contribution in [0.1, 0.15) is 29.3 Å². The van der Waals surface area contributed by atoms with Crippen LogP contribution in [0.2, 0.25) is 0 Å². The van der Waals surface area contributed by atoms with Crippen molar-refractivity contribution < 1.29 is 35.9 Å². The summed E-state index contributed by atoms with van der Waals surface area (Å²) in [4.78, 5) is 12.4. The molecular formula is C26H16F6O2. The fraction of sp³-hybridized carbons (Fsp3) is 0.115. The van der Waals surface area contributed by atoms with Crippen molar-refractivity contribution in [1.29, 1.82) is 0 Å². The molecule has 0 unspecified atom stereocenters. The molecule has 0 saturated heterocycles. The molecule has 0 aromatic heterocycles. The molecular weight excluding hydrogens is 458 g/mol. The molecule has 8 heteroatoms. The van der Waals surface area contributed by atoms with E-state index < -0.39 is 46.3 Å². The number of hydrogen-bond acceptors (Lipinski definition) is 2. The fourth-order valence-electron chi connectivity index (χ4n) is 3.65. The molecule has 4 aromatic rings. The zero-order valence-corrected chi connectivity index (χ0v) is 17.7. The van der Waals surface area contributed by atoms with Crippen molar-refractivity contribution in [2.45, 2.75) is 19.8 Å². The van der Waals surface area contributed by atoms with Gasteiger partial charge >= 0.3 is 5.97 Å². The predicted octanol–water partition coefficient (Wildman–Crippen LogP) is 7.51. The number of carbonyl (C=O) groups is 1. The number of rotatable bonds is 5. The van der Waals surface area contributed by atoms with Gasteiger partial charge in [-0.1, -0.05) is 37.6 Å². The third kappa shape index (κ3) is 4.23. The zero-order valence-electron chi connectivity index (χ0n) is 17.7. The highest BCUT2D eigenvalue weighted by Gasteiger charge is 2.20. The summed E-state index contributed by atoms with van der Waals surface area (Å²) in [5, 5.41) is -1.11. The average Bonchev–Trinajstić information content (AvgIpc) is 2.80. The van der Waals surface area contributed by atoms with Crippen LogP contribution in [0.25, 0.3) is 21.9 Å². The Morgan fingerprint density at radius 1 is 0.765 bits per heavy atom. The molecule has 174 valence electrons. The van der Waals surface area contributed by atoms with Crippen LogP contribution in [0.5, 0.6) is 5.75 Å². The van der Waals surface area contributed by atoms with Gasteiger partial charge in [0, 0.05) is 11.6 Å². The second-order valence-corrected chi connectivity index (χ2v) is 7.61. The van der Waals surface area contributed by atoms with Crippen LogP contribution < -0.4 is 4.74 Å². The highest BCUT2D eigenvalue weighted by molar-refractivity contribution is 5.93. The first-order chi connectivity index (χ1) is 16.2. The van der Waals surface area contributed by atoms with E-state index >= 15 is 0 Å². The van der Waals surface area contributed by atoms with Crippen LogP contribution in [-0.2, 0) is 6.42 Å². The van der Waals surface area contributed by atoms with Crippen molar-refractivity contribution in [1.82, 2.24) is 0 Å². The van der Waals surface area contributed by atoms with Gasteiger partial charge in [0.15, 0.2) is 29.1 Å². The normalized spacial score (nSPS) is 11.1. The maximum Gasteiger partial charge on any atom is 0.343 e. The van der Waals surface area contributed by atoms with Gasteiger partial charge in [-0.2, -0.15) is 0 Å². The minimum atomic E-state index is -1.81. The molecule has 0 bridgehead atoms. The Labute approximate surface area is 190 Å². The van der Waals surface area contributed by atoms with Gasteiger partial charge in [-0.15, -0.1) is 0 Å². The largest absolute Gasteiger partial charge is 0.423 e. The molecule has 0 radical (unpaired) electrons. The van der Waals surface area contributed by atoms with Crippen molar-refractivity contribution in [3.05, 3.63) is 101 Å². The van der Waals surface area contributed by atoms with Gasteiger partial charge in [0.2, 0.25) is 0 Å². The second-order valence-electron chi connectivity index (χ2n) is 7.61. The van der Waals surface area contributed by atoms with Crippen LogP contribution in [0, 0.1) is 34.9 Å². The van der Waals surface area contributed by atoms with E-state index in [-0.39, 0.29) is 27.8 Å². The predicted molar refractivity (Wildman–Crippen MR) is 115 cm³/mol. The quantitative estimate of drug-likeness (QED) is 0.129. The number of carbonyl (C=O) groups excluding carboxylic acids is 1. The molecule has 0 saturated carbocycles. The summed E-state index contributed by atoms with van der Waals surface area (Å²) in [5.41, 5.74) is 0.615. The summed E-state index contributed by atoms with van der Waals surface area (Å²) in [7, 11) is 0. The second kappa shape index (κ2) is 9.21. The number of hydrogen-bond donors (Lipinski definition) is 0. The molecule has 4 aromatic carbocycles. The van der Waals surface area contributed by atoms with Crippen molar-refractivity contribution >= 4 is 16.7 Å². The Morgan fingerprint density at radius 2 is 1.47 bits per heavy atom. The Morgan fingerprint density at radius 3 is 2.15 bits per heavy atom. The molecule has 4 rings (SSSR count). The number of aryl methyl sites for hydroxylation is 1. The standard InChI is InChI=1S/C26H16F6O2/c1-2-3-14-8-9-18(23(30)22(14)29)13-4-6-15(7-5-13)26(33)34-17-10-16-11-20(28)24(31)25(32)21(16)19(27)12-17/h4-12H,2-3H2,1H3. The van der Waals surface area contributed by atoms with Gasteiger partial charge in [0.05, 0.1) is 10.9 Å². The van der Waals surface area contributed by atoms with Crippen molar-refractivity contribution in [2.24, 2.45) is 0 Å². The number of benzene rings is 4. The molecule has 0 aliphatic heterocycles. The van der Waals surface area contributed by atoms with E-state index in [1.165, 1.54) is 36.4 Å². The molecule has 0 spiro atoms. The minimum absolute atomic E-state index is 0.00389. The molecule has 0 atom stereocenters. The van der Waals surface area contributed by atoms with E-state index in [1.54, 1.807) is 0 Å².